The third-order valence-electron chi connectivity index (χ3n) is 5.33. The van der Waals surface area contributed by atoms with Crippen LogP contribution < -0.4 is 15.7 Å². The van der Waals surface area contributed by atoms with Crippen LogP contribution in [-0.4, -0.2) is 24.5 Å². The van der Waals surface area contributed by atoms with Gasteiger partial charge in [0.1, 0.15) is 5.82 Å². The van der Waals surface area contributed by atoms with E-state index in [1.807, 2.05) is 13.0 Å². The predicted octanol–water partition coefficient (Wildman–Crippen LogP) is 4.62. The fourth-order valence-corrected chi connectivity index (χ4v) is 5.36. The second kappa shape index (κ2) is 9.25. The SMILES string of the molecule is CCCCN(c1ccccc1)S(=O)(=O)c1ccc(Cl)c(-n2c(N)c3ccccc3nc2=O)c1. The fourth-order valence-electron chi connectivity index (χ4n) is 3.63. The van der Waals surface area contributed by atoms with Gasteiger partial charge in [0.05, 0.1) is 26.8 Å². The number of benzene rings is 3. The Morgan fingerprint density at radius 2 is 1.73 bits per heavy atom. The van der Waals surface area contributed by atoms with Crippen LogP contribution >= 0.6 is 11.6 Å². The van der Waals surface area contributed by atoms with Gasteiger partial charge in [-0.1, -0.05) is 55.3 Å². The van der Waals surface area contributed by atoms with Crippen molar-refractivity contribution in [1.29, 1.82) is 0 Å². The maximum atomic E-state index is 13.7. The number of nitrogens with zero attached hydrogens (tertiary/aromatic N) is 3. The molecule has 9 heteroatoms. The number of nitrogens with two attached hydrogens (primary N) is 1. The molecule has 170 valence electrons. The number of fused-ring (bicyclic) bond motifs is 1. The lowest BCUT2D eigenvalue weighted by molar-refractivity contribution is 0.588. The van der Waals surface area contributed by atoms with E-state index < -0.39 is 15.7 Å². The van der Waals surface area contributed by atoms with Gasteiger partial charge in [0, 0.05) is 11.9 Å². The molecule has 0 amide bonds. The molecule has 3 aromatic carbocycles. The van der Waals surface area contributed by atoms with Crippen LogP contribution in [0.15, 0.2) is 82.5 Å². The first-order valence-electron chi connectivity index (χ1n) is 10.5. The summed E-state index contributed by atoms with van der Waals surface area (Å²) in [5.74, 6) is 0.132. The highest BCUT2D eigenvalue weighted by Crippen LogP contribution is 2.30. The largest absolute Gasteiger partial charge is 0.384 e. The Balaban J connectivity index is 1.88. The minimum Gasteiger partial charge on any atom is -0.384 e. The average molecular weight is 483 g/mol. The van der Waals surface area contributed by atoms with E-state index in [1.54, 1.807) is 48.5 Å². The highest BCUT2D eigenvalue weighted by Gasteiger charge is 2.26. The third-order valence-corrected chi connectivity index (χ3v) is 7.48. The van der Waals surface area contributed by atoms with Crippen LogP contribution in [0.5, 0.6) is 0 Å². The lowest BCUT2D eigenvalue weighted by Gasteiger charge is -2.25. The highest BCUT2D eigenvalue weighted by molar-refractivity contribution is 7.92. The summed E-state index contributed by atoms with van der Waals surface area (Å²) in [7, 11) is -3.94. The van der Waals surface area contributed by atoms with Gasteiger partial charge in [0.15, 0.2) is 0 Å². The lowest BCUT2D eigenvalue weighted by atomic mass is 10.2. The van der Waals surface area contributed by atoms with Crippen LogP contribution in [0.1, 0.15) is 19.8 Å². The van der Waals surface area contributed by atoms with E-state index in [0.717, 1.165) is 11.0 Å². The van der Waals surface area contributed by atoms with Gasteiger partial charge in [-0.15, -0.1) is 0 Å². The topological polar surface area (TPSA) is 98.3 Å². The third kappa shape index (κ3) is 4.31. The molecule has 1 heterocycles. The van der Waals surface area contributed by atoms with E-state index in [0.29, 0.717) is 29.6 Å². The van der Waals surface area contributed by atoms with Crippen molar-refractivity contribution in [3.8, 4) is 5.69 Å². The molecular weight excluding hydrogens is 460 g/mol. The molecule has 0 bridgehead atoms. The standard InChI is InChI=1S/C24H23ClN4O3S/c1-2-3-15-28(17-9-5-4-6-10-17)33(31,32)18-13-14-20(25)22(16-18)29-23(26)19-11-7-8-12-21(19)27-24(29)30/h4-14,16H,2-3,15,26H2,1H3. The molecule has 1 aromatic heterocycles. The molecule has 0 aliphatic heterocycles. The summed E-state index contributed by atoms with van der Waals surface area (Å²) >= 11 is 6.40. The molecule has 0 radical (unpaired) electrons. The summed E-state index contributed by atoms with van der Waals surface area (Å²) in [6.07, 6.45) is 1.52. The van der Waals surface area contributed by atoms with Crippen molar-refractivity contribution < 1.29 is 8.42 Å². The van der Waals surface area contributed by atoms with E-state index in [1.165, 1.54) is 22.5 Å². The van der Waals surface area contributed by atoms with Crippen LogP contribution in [-0.2, 0) is 10.0 Å². The number of sulfonamides is 1. The predicted molar refractivity (Wildman–Crippen MR) is 133 cm³/mol. The van der Waals surface area contributed by atoms with Crippen molar-refractivity contribution in [1.82, 2.24) is 9.55 Å². The van der Waals surface area contributed by atoms with Crippen LogP contribution in [0.3, 0.4) is 0 Å². The first-order valence-corrected chi connectivity index (χ1v) is 12.3. The Morgan fingerprint density at radius 1 is 1.03 bits per heavy atom. The van der Waals surface area contributed by atoms with Gasteiger partial charge in [0.25, 0.3) is 10.0 Å². The van der Waals surface area contributed by atoms with Crippen molar-refractivity contribution in [2.45, 2.75) is 24.7 Å². The van der Waals surface area contributed by atoms with Gasteiger partial charge in [-0.2, -0.15) is 4.98 Å². The zero-order valence-electron chi connectivity index (χ0n) is 18.0. The van der Waals surface area contributed by atoms with Gasteiger partial charge in [-0.05, 0) is 48.9 Å². The summed E-state index contributed by atoms with van der Waals surface area (Å²) in [5, 5.41) is 0.745. The summed E-state index contributed by atoms with van der Waals surface area (Å²) in [4.78, 5) is 16.9. The van der Waals surface area contributed by atoms with Crippen molar-refractivity contribution in [3.05, 3.63) is 88.3 Å². The van der Waals surface area contributed by atoms with Crippen LogP contribution in [0, 0.1) is 0 Å². The van der Waals surface area contributed by atoms with Crippen molar-refractivity contribution in [3.63, 3.8) is 0 Å². The van der Waals surface area contributed by atoms with E-state index in [2.05, 4.69) is 4.98 Å². The lowest BCUT2D eigenvalue weighted by Crippen LogP contribution is -2.32. The van der Waals surface area contributed by atoms with Gasteiger partial charge >= 0.3 is 5.69 Å². The van der Waals surface area contributed by atoms with Crippen molar-refractivity contribution in [2.24, 2.45) is 0 Å². The number of hydrogen-bond acceptors (Lipinski definition) is 5. The van der Waals surface area contributed by atoms with E-state index in [4.69, 9.17) is 17.3 Å². The minimum atomic E-state index is -3.94. The average Bonchev–Trinajstić information content (AvgIpc) is 2.81. The molecule has 7 nitrogen and oxygen atoms in total. The zero-order chi connectivity index (χ0) is 23.6. The van der Waals surface area contributed by atoms with Gasteiger partial charge in [-0.25, -0.2) is 17.8 Å². The Hall–Kier alpha value is -3.36. The summed E-state index contributed by atoms with van der Waals surface area (Å²) in [6.45, 7) is 2.32. The Morgan fingerprint density at radius 3 is 2.45 bits per heavy atom. The molecule has 2 N–H and O–H groups in total. The first-order chi connectivity index (χ1) is 15.8. The zero-order valence-corrected chi connectivity index (χ0v) is 19.6. The van der Waals surface area contributed by atoms with E-state index in [9.17, 15) is 13.2 Å². The molecule has 0 saturated carbocycles. The van der Waals surface area contributed by atoms with Crippen molar-refractivity contribution in [2.75, 3.05) is 16.6 Å². The fraction of sp³-hybridized carbons (Fsp3) is 0.167. The van der Waals surface area contributed by atoms with Crippen LogP contribution in [0.4, 0.5) is 11.5 Å². The number of anilines is 2. The molecule has 4 rings (SSSR count). The minimum absolute atomic E-state index is 0.00122. The Labute approximate surface area is 197 Å². The number of para-hydroxylation sites is 2. The molecule has 4 aromatic rings. The van der Waals surface area contributed by atoms with Crippen LogP contribution in [0.2, 0.25) is 5.02 Å². The number of rotatable bonds is 7. The smallest absolute Gasteiger partial charge is 0.354 e. The van der Waals surface area contributed by atoms with Gasteiger partial charge < -0.3 is 5.73 Å². The molecule has 0 aliphatic rings. The van der Waals surface area contributed by atoms with E-state index >= 15 is 0 Å². The number of halogens is 1. The summed E-state index contributed by atoms with van der Waals surface area (Å²) in [6, 6.07) is 20.1. The van der Waals surface area contributed by atoms with E-state index in [-0.39, 0.29) is 21.4 Å². The molecular formula is C24H23ClN4O3S. The summed E-state index contributed by atoms with van der Waals surface area (Å²) in [5.41, 5.74) is 6.82. The molecule has 0 saturated heterocycles. The molecule has 0 atom stereocenters. The van der Waals surface area contributed by atoms with Gasteiger partial charge in [-0.3, -0.25) is 4.31 Å². The number of nitrogen functional groups attached to an aromatic ring is 1. The number of unbranched alkanes of at least 4 members (excludes halogenated alkanes) is 1. The second-order valence-electron chi connectivity index (χ2n) is 7.51. The molecule has 0 spiro atoms. The number of aromatic nitrogens is 2. The van der Waals surface area contributed by atoms with Crippen LogP contribution in [0.25, 0.3) is 16.6 Å². The summed E-state index contributed by atoms with van der Waals surface area (Å²) < 4.78 is 29.8. The normalized spacial score (nSPS) is 11.6. The maximum Gasteiger partial charge on any atom is 0.354 e. The molecule has 33 heavy (non-hydrogen) atoms. The highest BCUT2D eigenvalue weighted by atomic mass is 35.5. The Kier molecular flexibility index (Phi) is 6.40. The number of hydrogen-bond donors (Lipinski definition) is 1. The maximum absolute atomic E-state index is 13.7. The molecule has 0 aliphatic carbocycles. The molecule has 0 unspecified atom stereocenters. The monoisotopic (exact) mass is 482 g/mol. The molecule has 0 fully saturated rings. The second-order valence-corrected chi connectivity index (χ2v) is 9.78. The first kappa shape index (κ1) is 22.8. The van der Waals surface area contributed by atoms with Crippen molar-refractivity contribution >= 4 is 44.0 Å². The van der Waals surface area contributed by atoms with Gasteiger partial charge in [0.2, 0.25) is 0 Å². The quantitative estimate of drug-likeness (QED) is 0.414. The Bertz CT molecular complexity index is 1470.